The van der Waals surface area contributed by atoms with Gasteiger partial charge in [0.05, 0.1) is 0 Å². The van der Waals surface area contributed by atoms with Gasteiger partial charge in [0.15, 0.2) is 5.78 Å². The fourth-order valence-electron chi connectivity index (χ4n) is 2.42. The number of phenolic OH excluding ortho intramolecular Hbond substituents is 1. The van der Waals surface area contributed by atoms with Crippen LogP contribution in [0.15, 0.2) is 60.7 Å². The van der Waals surface area contributed by atoms with Crippen LogP contribution in [0.4, 0.5) is 0 Å². The smallest absolute Gasteiger partial charge is 0.159 e. The van der Waals surface area contributed by atoms with Gasteiger partial charge < -0.3 is 5.11 Å². The summed E-state index contributed by atoms with van der Waals surface area (Å²) in [6.45, 7) is 1.55. The monoisotopic (exact) mass is 262 g/mol. The maximum atomic E-state index is 11.7. The van der Waals surface area contributed by atoms with Gasteiger partial charge in [-0.15, -0.1) is 0 Å². The maximum Gasteiger partial charge on any atom is 0.159 e. The number of phenols is 1. The van der Waals surface area contributed by atoms with Gasteiger partial charge >= 0.3 is 0 Å². The summed E-state index contributed by atoms with van der Waals surface area (Å²) >= 11 is 0. The molecule has 0 heterocycles. The van der Waals surface area contributed by atoms with Crippen molar-refractivity contribution in [1.29, 1.82) is 0 Å². The molecule has 3 aromatic rings. The van der Waals surface area contributed by atoms with Crippen molar-refractivity contribution >= 4 is 16.6 Å². The van der Waals surface area contributed by atoms with Crippen LogP contribution < -0.4 is 0 Å². The van der Waals surface area contributed by atoms with Crippen LogP contribution >= 0.6 is 0 Å². The average Bonchev–Trinajstić information content (AvgIpc) is 2.46. The van der Waals surface area contributed by atoms with E-state index in [2.05, 4.69) is 0 Å². The van der Waals surface area contributed by atoms with Gasteiger partial charge in [0.2, 0.25) is 0 Å². The molecule has 1 N–H and O–H groups in total. The molecule has 0 aromatic heterocycles. The van der Waals surface area contributed by atoms with Crippen LogP contribution in [0.1, 0.15) is 17.3 Å². The Balaban J connectivity index is 2.37. The van der Waals surface area contributed by atoms with Crippen molar-refractivity contribution in [3.05, 3.63) is 66.2 Å². The van der Waals surface area contributed by atoms with Crippen molar-refractivity contribution in [2.45, 2.75) is 6.92 Å². The van der Waals surface area contributed by atoms with Crippen LogP contribution in [0.25, 0.3) is 21.9 Å². The Hall–Kier alpha value is -2.61. The van der Waals surface area contributed by atoms with Crippen molar-refractivity contribution in [3.63, 3.8) is 0 Å². The van der Waals surface area contributed by atoms with Gasteiger partial charge in [-0.25, -0.2) is 0 Å². The largest absolute Gasteiger partial charge is 0.508 e. The minimum absolute atomic E-state index is 0.0208. The van der Waals surface area contributed by atoms with Crippen molar-refractivity contribution in [3.8, 4) is 16.9 Å². The van der Waals surface area contributed by atoms with Crippen LogP contribution in [0.2, 0.25) is 0 Å². The van der Waals surface area contributed by atoms with Crippen LogP contribution in [0, 0.1) is 0 Å². The molecule has 2 heteroatoms. The summed E-state index contributed by atoms with van der Waals surface area (Å²) in [6.07, 6.45) is 0. The van der Waals surface area contributed by atoms with E-state index in [-0.39, 0.29) is 11.5 Å². The fourth-order valence-corrected chi connectivity index (χ4v) is 2.42. The highest BCUT2D eigenvalue weighted by Crippen LogP contribution is 2.32. The molecule has 3 rings (SSSR count). The van der Waals surface area contributed by atoms with Crippen LogP contribution in [0.5, 0.6) is 5.75 Å². The number of carbonyl (C=O) groups is 1. The number of hydrogen-bond acceptors (Lipinski definition) is 2. The summed E-state index contributed by atoms with van der Waals surface area (Å²) in [6, 6.07) is 18.9. The fraction of sp³-hybridized carbons (Fsp3) is 0.0556. The molecule has 20 heavy (non-hydrogen) atoms. The highest BCUT2D eigenvalue weighted by atomic mass is 16.3. The second-order valence-electron chi connectivity index (χ2n) is 4.85. The van der Waals surface area contributed by atoms with Gasteiger partial charge in [0.1, 0.15) is 5.75 Å². The Morgan fingerprint density at radius 3 is 2.40 bits per heavy atom. The minimum atomic E-state index is 0.0208. The molecule has 0 saturated carbocycles. The molecule has 0 aliphatic heterocycles. The Morgan fingerprint density at radius 2 is 1.70 bits per heavy atom. The number of fused-ring (bicyclic) bond motifs is 1. The van der Waals surface area contributed by atoms with E-state index in [0.29, 0.717) is 5.56 Å². The van der Waals surface area contributed by atoms with Gasteiger partial charge in [0, 0.05) is 5.56 Å². The number of rotatable bonds is 2. The Bertz CT molecular complexity index is 789. The molecular weight excluding hydrogens is 248 g/mol. The molecule has 0 aliphatic carbocycles. The summed E-state index contributed by atoms with van der Waals surface area (Å²) in [5, 5.41) is 11.5. The standard InChI is InChI=1S/C18H14O2/c1-12(19)14-9-15-10-16(20)7-8-17(15)18(11-14)13-5-3-2-4-6-13/h2-11,20H,1H3. The lowest BCUT2D eigenvalue weighted by atomic mass is 9.94. The molecular formula is C18H14O2. The summed E-state index contributed by atoms with van der Waals surface area (Å²) in [5.74, 6) is 0.227. The highest BCUT2D eigenvalue weighted by molar-refractivity contribution is 6.05. The molecule has 0 atom stereocenters. The van der Waals surface area contributed by atoms with Gasteiger partial charge in [0.25, 0.3) is 0 Å². The van der Waals surface area contributed by atoms with Crippen molar-refractivity contribution < 1.29 is 9.90 Å². The van der Waals surface area contributed by atoms with Crippen molar-refractivity contribution in [1.82, 2.24) is 0 Å². The van der Waals surface area contributed by atoms with E-state index in [0.717, 1.165) is 21.9 Å². The van der Waals surface area contributed by atoms with E-state index in [9.17, 15) is 9.90 Å². The molecule has 0 fully saturated rings. The second kappa shape index (κ2) is 4.82. The molecule has 0 radical (unpaired) electrons. The predicted octanol–water partition coefficient (Wildman–Crippen LogP) is 4.42. The van der Waals surface area contributed by atoms with E-state index in [4.69, 9.17) is 0 Å². The molecule has 0 aliphatic rings. The van der Waals surface area contributed by atoms with Gasteiger partial charge in [-0.3, -0.25) is 4.79 Å². The minimum Gasteiger partial charge on any atom is -0.508 e. The summed E-state index contributed by atoms with van der Waals surface area (Å²) in [7, 11) is 0. The molecule has 0 spiro atoms. The third kappa shape index (κ3) is 2.16. The van der Waals surface area contributed by atoms with Gasteiger partial charge in [-0.05, 0) is 53.1 Å². The zero-order valence-electron chi connectivity index (χ0n) is 11.1. The Kier molecular flexibility index (Phi) is 2.99. The van der Waals surface area contributed by atoms with Crippen molar-refractivity contribution in [2.24, 2.45) is 0 Å². The normalized spacial score (nSPS) is 10.7. The van der Waals surface area contributed by atoms with E-state index >= 15 is 0 Å². The number of Topliss-reactive ketones (excluding diaryl/α,β-unsaturated/α-hetero) is 1. The third-order valence-corrected chi connectivity index (χ3v) is 3.43. The summed E-state index contributed by atoms with van der Waals surface area (Å²) < 4.78 is 0. The predicted molar refractivity (Wildman–Crippen MR) is 81.1 cm³/mol. The second-order valence-corrected chi connectivity index (χ2v) is 4.85. The highest BCUT2D eigenvalue weighted by Gasteiger charge is 2.09. The zero-order valence-corrected chi connectivity index (χ0v) is 11.1. The molecule has 0 amide bonds. The Labute approximate surface area is 117 Å². The van der Waals surface area contributed by atoms with Crippen LogP contribution in [-0.2, 0) is 0 Å². The number of aromatic hydroxyl groups is 1. The maximum absolute atomic E-state index is 11.7. The van der Waals surface area contributed by atoms with Crippen LogP contribution in [-0.4, -0.2) is 10.9 Å². The number of ketones is 1. The number of carbonyl (C=O) groups excluding carboxylic acids is 1. The molecule has 98 valence electrons. The van der Waals surface area contributed by atoms with Crippen LogP contribution in [0.3, 0.4) is 0 Å². The average molecular weight is 262 g/mol. The SMILES string of the molecule is CC(=O)c1cc(-c2ccccc2)c2ccc(O)cc2c1. The van der Waals surface area contributed by atoms with Gasteiger partial charge in [-0.1, -0.05) is 36.4 Å². The van der Waals surface area contributed by atoms with E-state index in [1.165, 1.54) is 0 Å². The number of benzene rings is 3. The summed E-state index contributed by atoms with van der Waals surface area (Å²) in [4.78, 5) is 11.7. The first kappa shape index (κ1) is 12.4. The first-order chi connectivity index (χ1) is 9.65. The quantitative estimate of drug-likeness (QED) is 0.694. The number of hydrogen-bond donors (Lipinski definition) is 1. The first-order valence-electron chi connectivity index (χ1n) is 6.48. The molecule has 0 saturated heterocycles. The van der Waals surface area contributed by atoms with Gasteiger partial charge in [-0.2, -0.15) is 0 Å². The topological polar surface area (TPSA) is 37.3 Å². The molecule has 0 unspecified atom stereocenters. The molecule has 2 nitrogen and oxygen atoms in total. The Morgan fingerprint density at radius 1 is 0.950 bits per heavy atom. The third-order valence-electron chi connectivity index (χ3n) is 3.43. The molecule has 0 bridgehead atoms. The lowest BCUT2D eigenvalue weighted by Crippen LogP contribution is -1.93. The van der Waals surface area contributed by atoms with E-state index in [1.54, 1.807) is 19.1 Å². The van der Waals surface area contributed by atoms with Crippen molar-refractivity contribution in [2.75, 3.05) is 0 Å². The van der Waals surface area contributed by atoms with E-state index in [1.807, 2.05) is 48.5 Å². The first-order valence-corrected chi connectivity index (χ1v) is 6.48. The lowest BCUT2D eigenvalue weighted by Gasteiger charge is -2.10. The van der Waals surface area contributed by atoms with E-state index < -0.39 is 0 Å². The summed E-state index contributed by atoms with van der Waals surface area (Å²) in [5.41, 5.74) is 2.72. The lowest BCUT2D eigenvalue weighted by molar-refractivity contribution is 0.101. The zero-order chi connectivity index (χ0) is 14.1. The molecule has 3 aromatic carbocycles.